The van der Waals surface area contributed by atoms with Gasteiger partial charge in [-0.3, -0.25) is 0 Å². The number of pyridine rings is 1. The van der Waals surface area contributed by atoms with Crippen LogP contribution in [0.3, 0.4) is 0 Å². The van der Waals surface area contributed by atoms with Gasteiger partial charge in [0.1, 0.15) is 17.5 Å². The van der Waals surface area contributed by atoms with E-state index < -0.39 is 29.1 Å². The summed E-state index contributed by atoms with van der Waals surface area (Å²) in [7, 11) is 1.41. The Bertz CT molecular complexity index is 1330. The monoisotopic (exact) mass is 454 g/mol. The summed E-state index contributed by atoms with van der Waals surface area (Å²) in [6.07, 6.45) is 0. The van der Waals surface area contributed by atoms with E-state index in [2.05, 4.69) is 11.1 Å². The van der Waals surface area contributed by atoms with Gasteiger partial charge in [-0.25, -0.2) is 4.98 Å². The van der Waals surface area contributed by atoms with E-state index in [0.29, 0.717) is 22.4 Å². The van der Waals surface area contributed by atoms with Crippen molar-refractivity contribution >= 4 is 0 Å². The Morgan fingerprint density at radius 1 is 1.09 bits per heavy atom. The second kappa shape index (κ2) is 7.82. The zero-order chi connectivity index (χ0) is 24.1. The van der Waals surface area contributed by atoms with Gasteiger partial charge in [0.2, 0.25) is 5.88 Å². The predicted molar refractivity (Wildman–Crippen MR) is 121 cm³/mol. The molecule has 1 saturated carbocycles. The Morgan fingerprint density at radius 2 is 1.79 bits per heavy atom. The van der Waals surface area contributed by atoms with E-state index in [9.17, 15) is 20.7 Å². The first kappa shape index (κ1) is 21.9. The van der Waals surface area contributed by atoms with Crippen molar-refractivity contribution < 1.29 is 19.7 Å². The Morgan fingerprint density at radius 3 is 2.38 bits per heavy atom. The molecule has 1 aliphatic heterocycles. The van der Waals surface area contributed by atoms with Gasteiger partial charge in [-0.05, 0) is 23.3 Å². The van der Waals surface area contributed by atoms with E-state index in [0.717, 1.165) is 5.56 Å². The molecule has 3 aromatic rings. The molecule has 0 saturated heterocycles. The van der Waals surface area contributed by atoms with E-state index in [1.54, 1.807) is 24.3 Å². The number of benzene rings is 2. The molecule has 5 rings (SSSR count). The molecule has 0 radical (unpaired) electrons. The SMILES string of the molecule is COc1nc(C#N)cc2c1[C@@H]1C(O)(O)[C@H](CN)[C@@H](c3ccccc3)[C@@]1(c1ccc(C#N)cc1)O2. The van der Waals surface area contributed by atoms with Crippen LogP contribution in [-0.4, -0.2) is 34.6 Å². The molecule has 4 atom stereocenters. The van der Waals surface area contributed by atoms with Crippen LogP contribution in [0.4, 0.5) is 0 Å². The first-order valence-electron chi connectivity index (χ1n) is 10.8. The maximum Gasteiger partial charge on any atom is 0.221 e. The van der Waals surface area contributed by atoms with E-state index in [1.807, 2.05) is 36.4 Å². The third-order valence-corrected chi connectivity index (χ3v) is 7.00. The summed E-state index contributed by atoms with van der Waals surface area (Å²) in [4.78, 5) is 4.25. The fourth-order valence-electron chi connectivity index (χ4n) is 5.72. The van der Waals surface area contributed by atoms with Crippen molar-refractivity contribution in [1.82, 2.24) is 4.98 Å². The lowest BCUT2D eigenvalue weighted by Gasteiger charge is -2.37. The summed E-state index contributed by atoms with van der Waals surface area (Å²) in [5.74, 6) is -4.32. The van der Waals surface area contributed by atoms with Crippen LogP contribution in [0.15, 0.2) is 60.7 Å². The number of ether oxygens (including phenoxy) is 2. The molecule has 0 spiro atoms. The van der Waals surface area contributed by atoms with Crippen LogP contribution in [0.2, 0.25) is 0 Å². The molecule has 0 unspecified atom stereocenters. The van der Waals surface area contributed by atoms with E-state index in [1.165, 1.54) is 13.2 Å². The third-order valence-electron chi connectivity index (χ3n) is 7.00. The number of fused-ring (bicyclic) bond motifs is 3. The molecule has 2 aromatic carbocycles. The van der Waals surface area contributed by atoms with Crippen molar-refractivity contribution in [2.24, 2.45) is 11.7 Å². The number of aromatic nitrogens is 1. The largest absolute Gasteiger partial charge is 0.481 e. The van der Waals surface area contributed by atoms with Crippen molar-refractivity contribution in [3.8, 4) is 23.8 Å². The van der Waals surface area contributed by atoms with Crippen molar-refractivity contribution in [3.05, 3.63) is 88.6 Å². The Kier molecular flexibility index (Phi) is 5.03. The van der Waals surface area contributed by atoms with Crippen LogP contribution in [0.5, 0.6) is 11.6 Å². The number of rotatable bonds is 4. The Hall–Kier alpha value is -3.95. The second-order valence-electron chi connectivity index (χ2n) is 8.57. The zero-order valence-electron chi connectivity index (χ0n) is 18.3. The van der Waals surface area contributed by atoms with Crippen molar-refractivity contribution in [1.29, 1.82) is 10.5 Å². The molecule has 8 nitrogen and oxygen atoms in total. The van der Waals surface area contributed by atoms with E-state index >= 15 is 0 Å². The molecular formula is C26H22N4O4. The molecular weight excluding hydrogens is 432 g/mol. The van der Waals surface area contributed by atoms with E-state index in [-0.39, 0.29) is 18.1 Å². The van der Waals surface area contributed by atoms with Crippen molar-refractivity contribution in [2.45, 2.75) is 23.2 Å². The summed E-state index contributed by atoms with van der Waals surface area (Å²) in [5.41, 5.74) is 7.21. The third kappa shape index (κ3) is 2.84. The van der Waals surface area contributed by atoms with Crippen LogP contribution < -0.4 is 15.2 Å². The highest BCUT2D eigenvalue weighted by Gasteiger charge is 2.73. The van der Waals surface area contributed by atoms with Crippen molar-refractivity contribution in [2.75, 3.05) is 13.7 Å². The van der Waals surface area contributed by atoms with Crippen LogP contribution in [-0.2, 0) is 5.60 Å². The van der Waals surface area contributed by atoms with Gasteiger partial charge in [0.15, 0.2) is 11.4 Å². The van der Waals surface area contributed by atoms with Crippen LogP contribution in [0.25, 0.3) is 0 Å². The molecule has 8 heteroatoms. The zero-order valence-corrected chi connectivity index (χ0v) is 18.3. The predicted octanol–water partition coefficient (Wildman–Crippen LogP) is 2.26. The molecule has 34 heavy (non-hydrogen) atoms. The fraction of sp³-hybridized carbons (Fsp3) is 0.269. The quantitative estimate of drug-likeness (QED) is 0.509. The van der Waals surface area contributed by atoms with E-state index in [4.69, 9.17) is 15.2 Å². The molecule has 2 aliphatic rings. The minimum Gasteiger partial charge on any atom is -0.481 e. The molecule has 170 valence electrons. The average molecular weight is 454 g/mol. The molecule has 4 N–H and O–H groups in total. The lowest BCUT2D eigenvalue weighted by atomic mass is 9.73. The van der Waals surface area contributed by atoms with Gasteiger partial charge in [-0.2, -0.15) is 10.5 Å². The normalized spacial score (nSPS) is 26.0. The van der Waals surface area contributed by atoms with Crippen molar-refractivity contribution in [3.63, 3.8) is 0 Å². The smallest absolute Gasteiger partial charge is 0.221 e. The summed E-state index contributed by atoms with van der Waals surface area (Å²) < 4.78 is 12.2. The maximum absolute atomic E-state index is 11.7. The summed E-state index contributed by atoms with van der Waals surface area (Å²) in [6.45, 7) is -0.0220. The number of nitriles is 2. The molecule has 1 fully saturated rings. The number of methoxy groups -OCH3 is 1. The first-order valence-corrected chi connectivity index (χ1v) is 10.8. The lowest BCUT2D eigenvalue weighted by molar-refractivity contribution is -0.200. The summed E-state index contributed by atoms with van der Waals surface area (Å²) in [5, 5.41) is 42.1. The summed E-state index contributed by atoms with van der Waals surface area (Å²) >= 11 is 0. The maximum atomic E-state index is 11.7. The van der Waals surface area contributed by atoms with Gasteiger partial charge in [0, 0.05) is 24.4 Å². The standard InChI is InChI=1S/C26H22N4O4/c1-33-24-21-20(11-18(13-28)30-24)34-25(17-9-7-15(12-27)8-10-17)22(16-5-3-2-4-6-16)19(14-29)26(31,32)23(21)25/h2-11,19,22-23,31-32H,14,29H2,1H3/t19-,22-,23+,25-/m1/s1. The number of aliphatic hydroxyl groups is 2. The minimum atomic E-state index is -2.29. The highest BCUT2D eigenvalue weighted by Crippen LogP contribution is 2.70. The van der Waals surface area contributed by atoms with Crippen LogP contribution >= 0.6 is 0 Å². The van der Waals surface area contributed by atoms with Gasteiger partial charge in [0.05, 0.1) is 30.2 Å². The van der Waals surface area contributed by atoms with Gasteiger partial charge >= 0.3 is 0 Å². The summed E-state index contributed by atoms with van der Waals surface area (Å²) in [6, 6.07) is 21.9. The first-order chi connectivity index (χ1) is 16.4. The number of hydrogen-bond donors (Lipinski definition) is 3. The fourth-order valence-corrected chi connectivity index (χ4v) is 5.72. The Balaban J connectivity index is 1.86. The lowest BCUT2D eigenvalue weighted by Crippen LogP contribution is -2.43. The van der Waals surface area contributed by atoms with Gasteiger partial charge in [-0.15, -0.1) is 0 Å². The second-order valence-corrected chi connectivity index (χ2v) is 8.57. The van der Waals surface area contributed by atoms with Gasteiger partial charge in [-0.1, -0.05) is 42.5 Å². The topological polar surface area (TPSA) is 145 Å². The van der Waals surface area contributed by atoms with Crippen LogP contribution in [0, 0.1) is 28.6 Å². The van der Waals surface area contributed by atoms with Gasteiger partial charge in [0.25, 0.3) is 0 Å². The molecule has 0 amide bonds. The average Bonchev–Trinajstić information content (AvgIpc) is 3.32. The molecule has 1 aromatic heterocycles. The highest BCUT2D eigenvalue weighted by molar-refractivity contribution is 5.59. The Labute approximate surface area is 196 Å². The molecule has 0 bridgehead atoms. The number of nitrogens with zero attached hydrogens (tertiary/aromatic N) is 3. The molecule has 2 heterocycles. The highest BCUT2D eigenvalue weighted by atomic mass is 16.5. The minimum absolute atomic E-state index is 0.0220. The number of nitrogens with two attached hydrogens (primary N) is 1. The number of hydrogen-bond acceptors (Lipinski definition) is 8. The van der Waals surface area contributed by atoms with Crippen LogP contribution in [0.1, 0.15) is 39.8 Å². The molecule has 1 aliphatic carbocycles. The van der Waals surface area contributed by atoms with Gasteiger partial charge < -0.3 is 25.4 Å².